The smallest absolute Gasteiger partial charge is 0.277 e. The van der Waals surface area contributed by atoms with Crippen molar-refractivity contribution in [3.63, 3.8) is 0 Å². The molecule has 0 atom stereocenters. The van der Waals surface area contributed by atoms with E-state index >= 15 is 0 Å². The van der Waals surface area contributed by atoms with Gasteiger partial charge in [0.05, 0.1) is 6.20 Å². The summed E-state index contributed by atoms with van der Waals surface area (Å²) in [6.45, 7) is 2.73. The van der Waals surface area contributed by atoms with Gasteiger partial charge in [-0.2, -0.15) is 10.1 Å². The van der Waals surface area contributed by atoms with E-state index < -0.39 is 0 Å². The molecule has 0 aliphatic rings. The van der Waals surface area contributed by atoms with Crippen molar-refractivity contribution in [3.05, 3.63) is 65.8 Å². The molecule has 0 fully saturated rings. The lowest BCUT2D eigenvalue weighted by molar-refractivity contribution is 0.431. The molecular weight excluding hydrogens is 386 g/mol. The van der Waals surface area contributed by atoms with Gasteiger partial charge in [0.15, 0.2) is 0 Å². The van der Waals surface area contributed by atoms with Gasteiger partial charge in [-0.05, 0) is 18.6 Å². The van der Waals surface area contributed by atoms with Crippen molar-refractivity contribution < 1.29 is 4.52 Å². The predicted molar refractivity (Wildman–Crippen MR) is 109 cm³/mol. The Morgan fingerprint density at radius 1 is 1.17 bits per heavy atom. The molecule has 5 rings (SSSR count). The molecule has 1 aromatic carbocycles. The van der Waals surface area contributed by atoms with E-state index in [9.17, 15) is 0 Å². The Bertz CT molecular complexity index is 1280. The molecule has 9 heteroatoms. The number of hydrogen-bond acceptors (Lipinski definition) is 7. The number of rotatable bonds is 5. The lowest BCUT2D eigenvalue weighted by Gasteiger charge is -2.06. The Balaban J connectivity index is 1.40. The second-order valence-electron chi connectivity index (χ2n) is 6.67. The minimum Gasteiger partial charge on any atom is -0.332 e. The first-order valence-electron chi connectivity index (χ1n) is 9.01. The van der Waals surface area contributed by atoms with Gasteiger partial charge < -0.3 is 9.09 Å². The second-order valence-corrected chi connectivity index (χ2v) is 7.52. The van der Waals surface area contributed by atoms with E-state index in [1.807, 2.05) is 43.9 Å². The van der Waals surface area contributed by atoms with E-state index in [4.69, 9.17) is 4.52 Å². The molecule has 0 radical (unpaired) electrons. The number of aryl methyl sites for hydroxylation is 2. The normalized spacial score (nSPS) is 11.2. The molecular formula is C20H17N7OS. The highest BCUT2D eigenvalue weighted by molar-refractivity contribution is 7.13. The largest absolute Gasteiger partial charge is 0.332 e. The summed E-state index contributed by atoms with van der Waals surface area (Å²) < 4.78 is 9.31. The summed E-state index contributed by atoms with van der Waals surface area (Å²) in [5.74, 6) is 1.92. The average Bonchev–Trinajstić information content (AvgIpc) is 3.49. The van der Waals surface area contributed by atoms with Crippen LogP contribution in [0.25, 0.3) is 33.5 Å². The van der Waals surface area contributed by atoms with Crippen LogP contribution in [-0.2, 0) is 13.6 Å². The number of benzene rings is 1. The van der Waals surface area contributed by atoms with E-state index in [-0.39, 0.29) is 0 Å². The number of aromatic nitrogens is 7. The van der Waals surface area contributed by atoms with Gasteiger partial charge in [-0.3, -0.25) is 4.68 Å². The first kappa shape index (κ1) is 17.5. The van der Waals surface area contributed by atoms with Gasteiger partial charge in [0.2, 0.25) is 5.82 Å². The fraction of sp³-hybridized carbons (Fsp3) is 0.150. The number of hydrogen-bond donors (Lipinski definition) is 0. The third-order valence-corrected chi connectivity index (χ3v) is 5.45. The monoisotopic (exact) mass is 403 g/mol. The molecule has 0 bridgehead atoms. The van der Waals surface area contributed by atoms with E-state index in [1.54, 1.807) is 17.1 Å². The van der Waals surface area contributed by atoms with Gasteiger partial charge in [0.1, 0.15) is 16.5 Å². The van der Waals surface area contributed by atoms with E-state index in [1.165, 1.54) is 11.3 Å². The lowest BCUT2D eigenvalue weighted by Crippen LogP contribution is -2.00. The molecule has 5 aromatic rings. The first-order valence-corrected chi connectivity index (χ1v) is 9.89. The van der Waals surface area contributed by atoms with Gasteiger partial charge in [0, 0.05) is 48.7 Å². The van der Waals surface area contributed by atoms with Crippen LogP contribution in [0.2, 0.25) is 0 Å². The SMILES string of the molecule is Cc1nccn1Cc1cccc(-c2noc(-c3csc(-c4cnn(C)c4)n3)n2)c1. The van der Waals surface area contributed by atoms with Crippen LogP contribution in [0.5, 0.6) is 0 Å². The van der Waals surface area contributed by atoms with E-state index in [0.717, 1.165) is 34.1 Å². The summed E-state index contributed by atoms with van der Waals surface area (Å²) >= 11 is 1.52. The molecule has 4 aromatic heterocycles. The van der Waals surface area contributed by atoms with Gasteiger partial charge in [-0.25, -0.2) is 9.97 Å². The molecule has 29 heavy (non-hydrogen) atoms. The Labute approximate surface area is 170 Å². The van der Waals surface area contributed by atoms with Crippen molar-refractivity contribution >= 4 is 11.3 Å². The zero-order valence-corrected chi connectivity index (χ0v) is 16.7. The lowest BCUT2D eigenvalue weighted by atomic mass is 10.1. The summed E-state index contributed by atoms with van der Waals surface area (Å²) in [7, 11) is 1.88. The number of imidazole rings is 1. The van der Waals surface area contributed by atoms with Crippen molar-refractivity contribution in [1.29, 1.82) is 0 Å². The van der Waals surface area contributed by atoms with Crippen LogP contribution in [0.3, 0.4) is 0 Å². The molecule has 0 saturated carbocycles. The molecule has 8 nitrogen and oxygen atoms in total. The van der Waals surface area contributed by atoms with Gasteiger partial charge >= 0.3 is 0 Å². The summed E-state index contributed by atoms with van der Waals surface area (Å²) in [6.07, 6.45) is 7.49. The van der Waals surface area contributed by atoms with E-state index in [0.29, 0.717) is 17.4 Å². The van der Waals surface area contributed by atoms with Crippen molar-refractivity contribution in [2.75, 3.05) is 0 Å². The van der Waals surface area contributed by atoms with Crippen LogP contribution in [0.1, 0.15) is 11.4 Å². The highest BCUT2D eigenvalue weighted by atomic mass is 32.1. The molecule has 0 N–H and O–H groups in total. The third-order valence-electron chi connectivity index (χ3n) is 4.56. The third kappa shape index (κ3) is 3.47. The molecule has 0 amide bonds. The maximum absolute atomic E-state index is 5.47. The molecule has 0 aliphatic heterocycles. The van der Waals surface area contributed by atoms with Crippen molar-refractivity contribution in [2.45, 2.75) is 13.5 Å². The fourth-order valence-electron chi connectivity index (χ4n) is 3.06. The van der Waals surface area contributed by atoms with Gasteiger partial charge in [-0.1, -0.05) is 23.4 Å². The van der Waals surface area contributed by atoms with Crippen LogP contribution >= 0.6 is 11.3 Å². The zero-order valence-electron chi connectivity index (χ0n) is 15.9. The highest BCUT2D eigenvalue weighted by Gasteiger charge is 2.15. The average molecular weight is 403 g/mol. The van der Waals surface area contributed by atoms with Crippen LogP contribution in [0, 0.1) is 6.92 Å². The quantitative estimate of drug-likeness (QED) is 0.443. The molecule has 0 spiro atoms. The maximum atomic E-state index is 5.47. The minimum atomic E-state index is 0.405. The van der Waals surface area contributed by atoms with E-state index in [2.05, 4.69) is 41.9 Å². The summed E-state index contributed by atoms with van der Waals surface area (Å²) in [4.78, 5) is 13.4. The molecule has 0 unspecified atom stereocenters. The van der Waals surface area contributed by atoms with Gasteiger partial charge in [-0.15, -0.1) is 11.3 Å². The topological polar surface area (TPSA) is 87.5 Å². The Kier molecular flexibility index (Phi) is 4.28. The Morgan fingerprint density at radius 2 is 2.10 bits per heavy atom. The van der Waals surface area contributed by atoms with Crippen molar-refractivity contribution in [1.82, 2.24) is 34.5 Å². The first-order chi connectivity index (χ1) is 14.2. The second kappa shape index (κ2) is 7.10. The predicted octanol–water partition coefficient (Wildman–Crippen LogP) is 3.81. The standard InChI is InChI=1S/C20H17N7OS/c1-13-21-6-7-27(13)10-14-4-3-5-15(8-14)18-24-19(28-25-18)17-12-29-20(23-17)16-9-22-26(2)11-16/h3-9,11-12H,10H2,1-2H3. The maximum Gasteiger partial charge on any atom is 0.277 e. The Morgan fingerprint density at radius 3 is 2.90 bits per heavy atom. The van der Waals surface area contributed by atoms with Crippen LogP contribution in [0.15, 0.2) is 59.0 Å². The number of nitrogens with zero attached hydrogens (tertiary/aromatic N) is 7. The van der Waals surface area contributed by atoms with Crippen molar-refractivity contribution in [2.24, 2.45) is 7.05 Å². The van der Waals surface area contributed by atoms with Crippen LogP contribution < -0.4 is 0 Å². The summed E-state index contributed by atoms with van der Waals surface area (Å²) in [5.41, 5.74) is 3.67. The minimum absolute atomic E-state index is 0.405. The fourth-order valence-corrected chi connectivity index (χ4v) is 3.83. The summed E-state index contributed by atoms with van der Waals surface area (Å²) in [6, 6.07) is 8.11. The van der Waals surface area contributed by atoms with Gasteiger partial charge in [0.25, 0.3) is 5.89 Å². The molecule has 144 valence electrons. The number of thiazole rings is 1. The van der Waals surface area contributed by atoms with Crippen LogP contribution in [-0.4, -0.2) is 34.5 Å². The molecule has 0 aliphatic carbocycles. The molecule has 4 heterocycles. The van der Waals surface area contributed by atoms with Crippen molar-refractivity contribution in [3.8, 4) is 33.5 Å². The molecule has 0 saturated heterocycles. The zero-order chi connectivity index (χ0) is 19.8. The Hall–Kier alpha value is -3.59. The summed E-state index contributed by atoms with van der Waals surface area (Å²) in [5, 5.41) is 11.1. The van der Waals surface area contributed by atoms with Crippen LogP contribution in [0.4, 0.5) is 0 Å². The highest BCUT2D eigenvalue weighted by Crippen LogP contribution is 2.29.